The van der Waals surface area contributed by atoms with E-state index in [1.165, 1.54) is 0 Å². The third-order valence-electron chi connectivity index (χ3n) is 1.35. The molecule has 0 aromatic carbocycles. The summed E-state index contributed by atoms with van der Waals surface area (Å²) >= 11 is 10.4. The van der Waals surface area contributed by atoms with Crippen molar-refractivity contribution in [3.8, 4) is 0 Å². The van der Waals surface area contributed by atoms with Crippen LogP contribution in [0.4, 0.5) is 4.79 Å². The van der Waals surface area contributed by atoms with E-state index in [-0.39, 0.29) is 16.5 Å². The van der Waals surface area contributed by atoms with Crippen LogP contribution in [0.1, 0.15) is 27.7 Å². The summed E-state index contributed by atoms with van der Waals surface area (Å²) in [5, 5.41) is 7.19. The van der Waals surface area contributed by atoms with Crippen molar-refractivity contribution in [3.63, 3.8) is 0 Å². The molecule has 0 spiro atoms. The number of carboxylic acid groups (broad SMARTS) is 1. The van der Waals surface area contributed by atoms with E-state index in [0.29, 0.717) is 26.4 Å². The summed E-state index contributed by atoms with van der Waals surface area (Å²) in [6.07, 6.45) is -1.33. The van der Waals surface area contributed by atoms with Crippen molar-refractivity contribution in [1.29, 1.82) is 0 Å². The Morgan fingerprint density at radius 1 is 0.909 bits per heavy atom. The molecule has 0 unspecified atom stereocenters. The number of amides is 1. The van der Waals surface area contributed by atoms with Crippen molar-refractivity contribution in [2.45, 2.75) is 27.7 Å². The van der Waals surface area contributed by atoms with Gasteiger partial charge in [-0.25, -0.2) is 9.11 Å². The van der Waals surface area contributed by atoms with Crippen molar-refractivity contribution in [2.24, 2.45) is 5.73 Å². The van der Waals surface area contributed by atoms with Crippen molar-refractivity contribution >= 4 is 43.1 Å². The molecule has 0 aromatic heterocycles. The van der Waals surface area contributed by atoms with Crippen LogP contribution in [0.2, 0.25) is 0 Å². The van der Waals surface area contributed by atoms with Crippen LogP contribution >= 0.6 is 13.4 Å². The topological polar surface area (TPSA) is 109 Å². The first-order chi connectivity index (χ1) is 9.68. The fourth-order valence-corrected chi connectivity index (χ4v) is 7.30. The summed E-state index contributed by atoms with van der Waals surface area (Å²) < 4.78 is 26.9. The molecule has 0 atom stereocenters. The van der Waals surface area contributed by atoms with Crippen LogP contribution in [-0.4, -0.2) is 37.6 Å². The van der Waals surface area contributed by atoms with Crippen LogP contribution in [0.25, 0.3) is 0 Å². The van der Waals surface area contributed by atoms with Crippen molar-refractivity contribution in [1.82, 2.24) is 0 Å². The van der Waals surface area contributed by atoms with Gasteiger partial charge in [-0.1, -0.05) is 0 Å². The van der Waals surface area contributed by atoms with E-state index >= 15 is 0 Å². The quantitative estimate of drug-likeness (QED) is 0.390. The number of carbonyl (C=O) groups is 1. The molecule has 0 fully saturated rings. The van der Waals surface area contributed by atoms with Crippen LogP contribution in [0.15, 0.2) is 0 Å². The summed E-state index contributed by atoms with van der Waals surface area (Å²) in [5.74, 6) is 0. The molecule has 0 aromatic rings. The minimum absolute atomic E-state index is 0. The molecule has 138 valence electrons. The minimum Gasteiger partial charge on any atom is -0.465 e. The largest absolute Gasteiger partial charge is 0.465 e. The normalized spacial score (nSPS) is 11.1. The van der Waals surface area contributed by atoms with E-state index in [4.69, 9.17) is 55.9 Å². The predicted octanol–water partition coefficient (Wildman–Crippen LogP) is 3.22. The minimum atomic E-state index is -2.87. The second-order valence-electron chi connectivity index (χ2n) is 2.99. The zero-order chi connectivity index (χ0) is 16.9. The van der Waals surface area contributed by atoms with Crippen LogP contribution < -0.4 is 5.73 Å². The summed E-state index contributed by atoms with van der Waals surface area (Å²) in [4.78, 5) is 8.78. The van der Waals surface area contributed by atoms with E-state index in [9.17, 15) is 0 Å². The first-order valence-corrected chi connectivity index (χ1v) is 11.3. The average Bonchev–Trinajstić information content (AvgIpc) is 2.28. The molecule has 0 bridgehead atoms. The summed E-state index contributed by atoms with van der Waals surface area (Å²) in [7, 11) is 0. The van der Waals surface area contributed by atoms with Crippen LogP contribution in [0.3, 0.4) is 0 Å². The van der Waals surface area contributed by atoms with Gasteiger partial charge in [0.25, 0.3) is 0 Å². The van der Waals surface area contributed by atoms with E-state index in [1.54, 1.807) is 0 Å². The van der Waals surface area contributed by atoms with Gasteiger partial charge in [-0.15, -0.1) is 0 Å². The third kappa shape index (κ3) is 15.7. The first-order valence-electron chi connectivity index (χ1n) is 6.16. The van der Waals surface area contributed by atoms with Gasteiger partial charge >= 0.3 is 19.5 Å². The van der Waals surface area contributed by atoms with Gasteiger partial charge in [-0.2, -0.15) is 0 Å². The van der Waals surface area contributed by atoms with Gasteiger partial charge in [0.2, 0.25) is 0 Å². The molecule has 1 amide bonds. The van der Waals surface area contributed by atoms with E-state index < -0.39 is 19.5 Å². The van der Waals surface area contributed by atoms with Crippen molar-refractivity contribution < 1.29 is 48.8 Å². The second-order valence-corrected chi connectivity index (χ2v) is 9.14. The fourth-order valence-electron chi connectivity index (χ4n) is 0.924. The number of nitrogens with two attached hydrogens (primary N) is 1. The Balaban J connectivity index is -0.000000640. The zero-order valence-corrected chi connectivity index (χ0v) is 17.2. The Hall–Kier alpha value is 0.864. The molecular formula is C9H23NNiO7P2S2. The molecule has 0 aliphatic carbocycles. The van der Waals surface area contributed by atoms with Gasteiger partial charge in [0.15, 0.2) is 0 Å². The molecule has 8 nitrogen and oxygen atoms in total. The first kappa shape index (κ1) is 27.7. The standard InChI is InChI=1S/C8H20O5P2S2.CH3NO2.Ni/c1-5-9-14(16,10-6-2)13-15(17,11-7-3)12-8-4;2-1(3)4;/h5-8H2,1-4H3;2H2,(H,3,4);. The molecule has 3 N–H and O–H groups in total. The molecule has 0 rings (SSSR count). The van der Waals surface area contributed by atoms with Gasteiger partial charge in [0.05, 0.1) is 26.4 Å². The summed E-state index contributed by atoms with van der Waals surface area (Å²) in [6, 6.07) is 0. The third-order valence-corrected chi connectivity index (χ3v) is 7.71. The Morgan fingerprint density at radius 2 is 1.09 bits per heavy atom. The maximum Gasteiger partial charge on any atom is 0.402 e. The molecule has 22 heavy (non-hydrogen) atoms. The number of hydrogen-bond donors (Lipinski definition) is 2. The SMILES string of the molecule is CCOP(=S)(OCC)OP(=S)(OCC)OCC.NC(=O)O.[Ni]. The molecule has 0 aliphatic rings. The Labute approximate surface area is 151 Å². The number of hydrogen-bond acceptors (Lipinski definition) is 8. The second kappa shape index (κ2) is 15.4. The molecular weight excluding hydrogens is 419 g/mol. The Kier molecular flexibility index (Phi) is 19.4. The van der Waals surface area contributed by atoms with Crippen LogP contribution in [0.5, 0.6) is 0 Å². The molecule has 0 aliphatic heterocycles. The Bertz CT molecular complexity index is 337. The monoisotopic (exact) mass is 441 g/mol. The van der Waals surface area contributed by atoms with E-state index in [1.807, 2.05) is 27.7 Å². The van der Waals surface area contributed by atoms with E-state index in [2.05, 4.69) is 5.73 Å². The smallest absolute Gasteiger partial charge is 0.402 e. The summed E-state index contributed by atoms with van der Waals surface area (Å²) in [6.45, 7) is 3.09. The van der Waals surface area contributed by atoms with E-state index in [0.717, 1.165) is 0 Å². The van der Waals surface area contributed by atoms with Gasteiger partial charge in [0, 0.05) is 16.5 Å². The Morgan fingerprint density at radius 3 is 1.23 bits per heavy atom. The molecule has 13 heteroatoms. The van der Waals surface area contributed by atoms with Crippen LogP contribution in [0, 0.1) is 0 Å². The van der Waals surface area contributed by atoms with Gasteiger partial charge in [0.1, 0.15) is 0 Å². The number of primary amides is 1. The summed E-state index contributed by atoms with van der Waals surface area (Å²) in [5.41, 5.74) is 4.03. The van der Waals surface area contributed by atoms with Gasteiger partial charge in [-0.05, 0) is 51.3 Å². The van der Waals surface area contributed by atoms with Gasteiger partial charge < -0.3 is 28.9 Å². The van der Waals surface area contributed by atoms with Crippen molar-refractivity contribution in [3.05, 3.63) is 0 Å². The molecule has 0 saturated heterocycles. The number of rotatable bonds is 10. The zero-order valence-electron chi connectivity index (χ0n) is 12.8. The molecule has 0 saturated carbocycles. The predicted molar refractivity (Wildman–Crippen MR) is 88.4 cm³/mol. The van der Waals surface area contributed by atoms with Crippen molar-refractivity contribution in [2.75, 3.05) is 26.4 Å². The maximum atomic E-state index is 8.78. The van der Waals surface area contributed by atoms with Gasteiger partial charge in [-0.3, -0.25) is 0 Å². The molecule has 0 radical (unpaired) electrons. The molecule has 0 heterocycles. The average molecular weight is 442 g/mol. The fraction of sp³-hybridized carbons (Fsp3) is 0.889. The maximum absolute atomic E-state index is 8.78. The van der Waals surface area contributed by atoms with Crippen LogP contribution in [-0.2, 0) is 62.5 Å².